The van der Waals surface area contributed by atoms with Gasteiger partial charge in [0, 0.05) is 18.0 Å². The summed E-state index contributed by atoms with van der Waals surface area (Å²) in [5.41, 5.74) is 3.11. The number of hydrogen-bond acceptors (Lipinski definition) is 5. The summed E-state index contributed by atoms with van der Waals surface area (Å²) in [6.07, 6.45) is 5.14. The number of pyridine rings is 1. The molecule has 0 unspecified atom stereocenters. The maximum atomic E-state index is 12.5. The van der Waals surface area contributed by atoms with E-state index in [0.29, 0.717) is 23.6 Å². The second-order valence-electron chi connectivity index (χ2n) is 6.34. The third-order valence-corrected chi connectivity index (χ3v) is 4.24. The highest BCUT2D eigenvalue weighted by molar-refractivity contribution is 5.94. The number of rotatable bonds is 7. The summed E-state index contributed by atoms with van der Waals surface area (Å²) < 4.78 is 7.43. The molecule has 0 aliphatic heterocycles. The fraction of sp³-hybridized carbons (Fsp3) is 0.0909. The number of nitrogens with zero attached hydrogens (tertiary/aromatic N) is 4. The van der Waals surface area contributed by atoms with Crippen LogP contribution in [0.15, 0.2) is 85.3 Å². The first-order chi connectivity index (χ1) is 14.3. The van der Waals surface area contributed by atoms with Crippen LogP contribution in [0.25, 0.3) is 5.69 Å². The summed E-state index contributed by atoms with van der Waals surface area (Å²) in [6.45, 7) is 0.725. The lowest BCUT2D eigenvalue weighted by atomic mass is 10.2. The van der Waals surface area contributed by atoms with Gasteiger partial charge in [-0.2, -0.15) is 0 Å². The van der Waals surface area contributed by atoms with Crippen molar-refractivity contribution in [2.75, 3.05) is 0 Å². The maximum Gasteiger partial charge on any atom is 0.251 e. The van der Waals surface area contributed by atoms with Gasteiger partial charge < -0.3 is 10.1 Å². The molecule has 0 radical (unpaired) electrons. The zero-order chi connectivity index (χ0) is 19.9. The Hall–Kier alpha value is -4.00. The van der Waals surface area contributed by atoms with Crippen molar-refractivity contribution in [2.24, 2.45) is 0 Å². The van der Waals surface area contributed by atoms with Gasteiger partial charge in [-0.3, -0.25) is 9.78 Å². The molecule has 2 aromatic heterocycles. The van der Waals surface area contributed by atoms with Crippen LogP contribution in [0.3, 0.4) is 0 Å². The van der Waals surface area contributed by atoms with Crippen molar-refractivity contribution in [3.05, 3.63) is 102 Å². The van der Waals surface area contributed by atoms with Gasteiger partial charge in [-0.15, -0.1) is 5.10 Å². The summed E-state index contributed by atoms with van der Waals surface area (Å²) in [5, 5.41) is 11.0. The van der Waals surface area contributed by atoms with E-state index in [1.807, 2.05) is 48.5 Å². The largest absolute Gasteiger partial charge is 0.489 e. The van der Waals surface area contributed by atoms with Gasteiger partial charge in [-0.25, -0.2) is 4.68 Å². The molecule has 0 bridgehead atoms. The Labute approximate surface area is 168 Å². The number of ether oxygens (including phenoxy) is 1. The van der Waals surface area contributed by atoms with E-state index < -0.39 is 0 Å². The molecular weight excluding hydrogens is 366 g/mol. The van der Waals surface area contributed by atoms with Crippen LogP contribution < -0.4 is 10.1 Å². The molecule has 2 aromatic carbocycles. The summed E-state index contributed by atoms with van der Waals surface area (Å²) in [6, 6.07) is 20.7. The number of aromatic nitrogens is 4. The lowest BCUT2D eigenvalue weighted by Crippen LogP contribution is -2.23. The molecule has 4 rings (SSSR count). The number of carbonyl (C=O) groups excluding carboxylic acids is 1. The molecule has 7 heteroatoms. The Morgan fingerprint density at radius 2 is 1.83 bits per heavy atom. The fourth-order valence-corrected chi connectivity index (χ4v) is 2.74. The molecule has 0 spiro atoms. The van der Waals surface area contributed by atoms with Crippen molar-refractivity contribution in [3.8, 4) is 11.4 Å². The summed E-state index contributed by atoms with van der Waals surface area (Å²) in [5.74, 6) is 0.443. The van der Waals surface area contributed by atoms with E-state index in [4.69, 9.17) is 4.74 Å². The highest BCUT2D eigenvalue weighted by atomic mass is 16.5. The Kier molecular flexibility index (Phi) is 5.57. The minimum absolute atomic E-state index is 0.200. The molecule has 0 aliphatic rings. The minimum atomic E-state index is -0.200. The molecule has 0 saturated carbocycles. The van der Waals surface area contributed by atoms with Crippen LogP contribution in [0.5, 0.6) is 5.75 Å². The van der Waals surface area contributed by atoms with Crippen LogP contribution >= 0.6 is 0 Å². The molecule has 2 heterocycles. The van der Waals surface area contributed by atoms with Crippen LogP contribution in [-0.4, -0.2) is 25.9 Å². The Morgan fingerprint density at radius 3 is 2.66 bits per heavy atom. The second kappa shape index (κ2) is 8.79. The van der Waals surface area contributed by atoms with Crippen molar-refractivity contribution < 1.29 is 9.53 Å². The average Bonchev–Trinajstić information content (AvgIpc) is 3.27. The van der Waals surface area contributed by atoms with Crippen molar-refractivity contribution in [1.82, 2.24) is 25.3 Å². The molecule has 1 N–H and O–H groups in total. The lowest BCUT2D eigenvalue weighted by molar-refractivity contribution is 0.0950. The topological polar surface area (TPSA) is 81.9 Å². The van der Waals surface area contributed by atoms with Gasteiger partial charge in [-0.05, 0) is 35.9 Å². The third kappa shape index (κ3) is 4.84. The molecule has 0 atom stereocenters. The van der Waals surface area contributed by atoms with Gasteiger partial charge in [0.25, 0.3) is 5.91 Å². The molecule has 0 saturated heterocycles. The molecule has 0 aliphatic carbocycles. The predicted octanol–water partition coefficient (Wildman–Crippen LogP) is 3.17. The van der Waals surface area contributed by atoms with Crippen LogP contribution in [0, 0.1) is 0 Å². The number of benzene rings is 2. The van der Waals surface area contributed by atoms with E-state index in [9.17, 15) is 4.79 Å². The molecule has 7 nitrogen and oxygen atoms in total. The Morgan fingerprint density at radius 1 is 1.00 bits per heavy atom. The van der Waals surface area contributed by atoms with E-state index in [-0.39, 0.29) is 12.5 Å². The van der Waals surface area contributed by atoms with Crippen molar-refractivity contribution in [1.29, 1.82) is 0 Å². The zero-order valence-electron chi connectivity index (χ0n) is 15.6. The highest BCUT2D eigenvalue weighted by Crippen LogP contribution is 2.15. The molecule has 1 amide bonds. The van der Waals surface area contributed by atoms with Crippen molar-refractivity contribution >= 4 is 5.91 Å². The molecule has 4 aromatic rings. The SMILES string of the molecule is O=C(NCc1cn(-c2ccncc2)nn1)c1cccc(OCc2ccccc2)c1. The summed E-state index contributed by atoms with van der Waals surface area (Å²) in [4.78, 5) is 16.5. The fourth-order valence-electron chi connectivity index (χ4n) is 2.74. The standard InChI is InChI=1S/C22H19N5O2/c28-22(24-14-19-15-27(26-25-19)20-9-11-23-12-10-20)18-7-4-8-21(13-18)29-16-17-5-2-1-3-6-17/h1-13,15H,14,16H2,(H,24,28). The lowest BCUT2D eigenvalue weighted by Gasteiger charge is -2.08. The molecular formula is C22H19N5O2. The number of carbonyl (C=O) groups is 1. The van der Waals surface area contributed by atoms with E-state index in [2.05, 4.69) is 20.6 Å². The first kappa shape index (κ1) is 18.4. The zero-order valence-corrected chi connectivity index (χ0v) is 15.6. The van der Waals surface area contributed by atoms with E-state index in [1.165, 1.54) is 0 Å². The van der Waals surface area contributed by atoms with E-state index in [1.54, 1.807) is 41.5 Å². The van der Waals surface area contributed by atoms with Gasteiger partial charge in [0.05, 0.1) is 18.4 Å². The summed E-state index contributed by atoms with van der Waals surface area (Å²) >= 11 is 0. The highest BCUT2D eigenvalue weighted by Gasteiger charge is 2.09. The number of amides is 1. The maximum absolute atomic E-state index is 12.5. The Bertz CT molecular complexity index is 1080. The molecule has 29 heavy (non-hydrogen) atoms. The first-order valence-corrected chi connectivity index (χ1v) is 9.14. The van der Waals surface area contributed by atoms with Gasteiger partial charge in [0.1, 0.15) is 18.1 Å². The minimum Gasteiger partial charge on any atom is -0.489 e. The number of nitrogens with one attached hydrogen (secondary N) is 1. The third-order valence-electron chi connectivity index (χ3n) is 4.24. The Balaban J connectivity index is 1.35. The van der Waals surface area contributed by atoms with Gasteiger partial charge in [-0.1, -0.05) is 41.6 Å². The van der Waals surface area contributed by atoms with Crippen LogP contribution in [-0.2, 0) is 13.2 Å². The first-order valence-electron chi connectivity index (χ1n) is 9.14. The van der Waals surface area contributed by atoms with Crippen LogP contribution in [0.1, 0.15) is 21.6 Å². The molecule has 144 valence electrons. The van der Waals surface area contributed by atoms with Crippen molar-refractivity contribution in [2.45, 2.75) is 13.2 Å². The quantitative estimate of drug-likeness (QED) is 0.528. The normalized spacial score (nSPS) is 10.5. The monoisotopic (exact) mass is 385 g/mol. The van der Waals surface area contributed by atoms with Gasteiger partial charge in [0.15, 0.2) is 0 Å². The van der Waals surface area contributed by atoms with Gasteiger partial charge in [0.2, 0.25) is 0 Å². The van der Waals surface area contributed by atoms with Crippen molar-refractivity contribution in [3.63, 3.8) is 0 Å². The predicted molar refractivity (Wildman–Crippen MR) is 108 cm³/mol. The van der Waals surface area contributed by atoms with Crippen LogP contribution in [0.2, 0.25) is 0 Å². The van der Waals surface area contributed by atoms with E-state index >= 15 is 0 Å². The average molecular weight is 385 g/mol. The van der Waals surface area contributed by atoms with Crippen LogP contribution in [0.4, 0.5) is 0 Å². The second-order valence-corrected chi connectivity index (χ2v) is 6.34. The smallest absolute Gasteiger partial charge is 0.251 e. The number of hydrogen-bond donors (Lipinski definition) is 1. The van der Waals surface area contributed by atoms with Gasteiger partial charge >= 0.3 is 0 Å². The molecule has 0 fully saturated rings. The van der Waals surface area contributed by atoms with E-state index in [0.717, 1.165) is 11.3 Å². The summed E-state index contributed by atoms with van der Waals surface area (Å²) in [7, 11) is 0.